The van der Waals surface area contributed by atoms with Crippen molar-refractivity contribution in [2.24, 2.45) is 5.73 Å². The molecule has 0 aromatic carbocycles. The van der Waals surface area contributed by atoms with E-state index in [4.69, 9.17) is 15.9 Å². The maximum absolute atomic E-state index is 10.9. The summed E-state index contributed by atoms with van der Waals surface area (Å²) in [6.07, 6.45) is 0.787. The number of nitrogens with zero attached hydrogens (tertiary/aromatic N) is 2. The highest BCUT2D eigenvalue weighted by atomic mass is 16.3. The first-order valence-corrected chi connectivity index (χ1v) is 4.66. The van der Waals surface area contributed by atoms with Gasteiger partial charge in [0.2, 0.25) is 5.91 Å². The largest absolute Gasteiger partial charge is 0.394 e. The van der Waals surface area contributed by atoms with Gasteiger partial charge >= 0.3 is 0 Å². The molecule has 1 aromatic rings. The Morgan fingerprint density at radius 2 is 2.40 bits per heavy atom. The molecule has 4 N–H and O–H groups in total. The lowest BCUT2D eigenvalue weighted by Crippen LogP contribution is -2.22. The van der Waals surface area contributed by atoms with Gasteiger partial charge in [0, 0.05) is 6.20 Å². The van der Waals surface area contributed by atoms with Crippen LogP contribution >= 0.6 is 0 Å². The zero-order valence-electron chi connectivity index (χ0n) is 8.50. The van der Waals surface area contributed by atoms with Gasteiger partial charge in [-0.2, -0.15) is 5.10 Å². The van der Waals surface area contributed by atoms with E-state index in [1.807, 2.05) is 0 Å². The van der Waals surface area contributed by atoms with E-state index in [0.717, 1.165) is 0 Å². The van der Waals surface area contributed by atoms with Crippen LogP contribution in [0.5, 0.6) is 0 Å². The molecule has 0 aliphatic carbocycles. The summed E-state index contributed by atoms with van der Waals surface area (Å²) in [5, 5.41) is 21.9. The zero-order valence-corrected chi connectivity index (χ0v) is 8.50. The van der Waals surface area contributed by atoms with Gasteiger partial charge in [0.1, 0.15) is 0 Å². The van der Waals surface area contributed by atoms with Crippen molar-refractivity contribution in [3.63, 3.8) is 0 Å². The molecular formula is C9H15N3O3. The maximum Gasteiger partial charge on any atom is 0.226 e. The summed E-state index contributed by atoms with van der Waals surface area (Å²) in [5.41, 5.74) is 5.69. The van der Waals surface area contributed by atoms with Crippen LogP contribution in [-0.2, 0) is 11.3 Å². The summed E-state index contributed by atoms with van der Waals surface area (Å²) < 4.78 is 1.47. The second-order valence-corrected chi connectivity index (χ2v) is 3.42. The average Bonchev–Trinajstić information content (AvgIpc) is 2.64. The third kappa shape index (κ3) is 3.03. The molecule has 0 spiro atoms. The molecule has 84 valence electrons. The van der Waals surface area contributed by atoms with Crippen LogP contribution in [0.4, 0.5) is 0 Å². The Kier molecular flexibility index (Phi) is 3.81. The predicted octanol–water partition coefficient (Wildman–Crippen LogP) is -1.17. The monoisotopic (exact) mass is 213 g/mol. The van der Waals surface area contributed by atoms with Crippen LogP contribution in [0.2, 0.25) is 0 Å². The zero-order chi connectivity index (χ0) is 11.4. The van der Waals surface area contributed by atoms with Crippen LogP contribution < -0.4 is 5.73 Å². The van der Waals surface area contributed by atoms with Gasteiger partial charge in [-0.1, -0.05) is 0 Å². The van der Waals surface area contributed by atoms with Gasteiger partial charge in [-0.25, -0.2) is 0 Å². The molecule has 1 unspecified atom stereocenters. The molecule has 1 aromatic heterocycles. The number of aliphatic hydroxyl groups is 2. The number of aromatic nitrogens is 2. The lowest BCUT2D eigenvalue weighted by atomic mass is 10.1. The van der Waals surface area contributed by atoms with Gasteiger partial charge in [-0.05, 0) is 13.0 Å². The number of aliphatic hydroxyl groups excluding tert-OH is 2. The number of hydrogen-bond donors (Lipinski definition) is 3. The summed E-state index contributed by atoms with van der Waals surface area (Å²) in [7, 11) is 0. The summed E-state index contributed by atoms with van der Waals surface area (Å²) in [4.78, 5) is 10.9. The lowest BCUT2D eigenvalue weighted by Gasteiger charge is -2.07. The van der Waals surface area contributed by atoms with Crippen molar-refractivity contribution < 1.29 is 15.0 Å². The Morgan fingerprint density at radius 1 is 1.73 bits per heavy atom. The van der Waals surface area contributed by atoms with Gasteiger partial charge in [0.05, 0.1) is 30.9 Å². The Morgan fingerprint density at radius 3 is 2.93 bits per heavy atom. The van der Waals surface area contributed by atoms with Crippen molar-refractivity contribution in [1.29, 1.82) is 0 Å². The fraction of sp³-hybridized carbons (Fsp3) is 0.556. The van der Waals surface area contributed by atoms with Gasteiger partial charge < -0.3 is 15.9 Å². The van der Waals surface area contributed by atoms with Crippen molar-refractivity contribution in [2.45, 2.75) is 25.5 Å². The molecule has 0 aliphatic rings. The first-order valence-electron chi connectivity index (χ1n) is 4.66. The number of primary amides is 1. The van der Waals surface area contributed by atoms with Gasteiger partial charge in [0.15, 0.2) is 0 Å². The number of amides is 1. The predicted molar refractivity (Wildman–Crippen MR) is 52.9 cm³/mol. The second-order valence-electron chi connectivity index (χ2n) is 3.42. The van der Waals surface area contributed by atoms with Crippen LogP contribution in [0, 0.1) is 0 Å². The Balaban J connectivity index is 2.68. The second kappa shape index (κ2) is 4.90. The molecular weight excluding hydrogens is 198 g/mol. The minimum atomic E-state index is -0.846. The van der Waals surface area contributed by atoms with Crippen LogP contribution in [0.15, 0.2) is 12.3 Å². The molecule has 6 nitrogen and oxygen atoms in total. The minimum absolute atomic E-state index is 0.196. The van der Waals surface area contributed by atoms with E-state index < -0.39 is 17.9 Å². The van der Waals surface area contributed by atoms with E-state index in [0.29, 0.717) is 5.69 Å². The van der Waals surface area contributed by atoms with Crippen LogP contribution in [0.25, 0.3) is 0 Å². The third-order valence-corrected chi connectivity index (χ3v) is 2.14. The SMILES string of the molecule is CC(C(N)=O)c1ccn(C[C@H](O)CO)n1. The van der Waals surface area contributed by atoms with E-state index >= 15 is 0 Å². The van der Waals surface area contributed by atoms with Crippen LogP contribution in [0.1, 0.15) is 18.5 Å². The summed E-state index contributed by atoms with van der Waals surface area (Å²) in [5.74, 6) is -0.888. The fourth-order valence-corrected chi connectivity index (χ4v) is 1.13. The standard InChI is InChI=1S/C9H15N3O3/c1-6(9(10)15)8-2-3-12(11-8)4-7(14)5-13/h2-3,6-7,13-14H,4-5H2,1H3,(H2,10,15)/t6?,7-/m0/s1. The van der Waals surface area contributed by atoms with E-state index in [1.165, 1.54) is 4.68 Å². The van der Waals surface area contributed by atoms with Crippen molar-refractivity contribution in [2.75, 3.05) is 6.61 Å². The van der Waals surface area contributed by atoms with Crippen molar-refractivity contribution in [3.05, 3.63) is 18.0 Å². The molecule has 0 saturated heterocycles. The average molecular weight is 213 g/mol. The molecule has 6 heteroatoms. The molecule has 0 bridgehead atoms. The van der Waals surface area contributed by atoms with E-state index in [1.54, 1.807) is 19.2 Å². The molecule has 2 atom stereocenters. The van der Waals surface area contributed by atoms with Gasteiger partial charge in [0.25, 0.3) is 0 Å². The quantitative estimate of drug-likeness (QED) is 0.573. The summed E-state index contributed by atoms with van der Waals surface area (Å²) >= 11 is 0. The fourth-order valence-electron chi connectivity index (χ4n) is 1.13. The molecule has 0 fully saturated rings. The Labute approximate surface area is 87.3 Å². The van der Waals surface area contributed by atoms with E-state index in [2.05, 4.69) is 5.10 Å². The maximum atomic E-state index is 10.9. The molecule has 1 rings (SSSR count). The smallest absolute Gasteiger partial charge is 0.226 e. The molecule has 15 heavy (non-hydrogen) atoms. The first kappa shape index (κ1) is 11.7. The van der Waals surface area contributed by atoms with E-state index in [-0.39, 0.29) is 13.2 Å². The minimum Gasteiger partial charge on any atom is -0.394 e. The van der Waals surface area contributed by atoms with E-state index in [9.17, 15) is 4.79 Å². The van der Waals surface area contributed by atoms with Crippen LogP contribution in [-0.4, -0.2) is 38.6 Å². The summed E-state index contributed by atoms with van der Waals surface area (Å²) in [6, 6.07) is 1.67. The Bertz CT molecular complexity index is 337. The molecule has 1 amide bonds. The number of hydrogen-bond acceptors (Lipinski definition) is 4. The molecule has 1 heterocycles. The molecule has 0 radical (unpaired) electrons. The van der Waals surface area contributed by atoms with Gasteiger partial charge in [-0.15, -0.1) is 0 Å². The highest BCUT2D eigenvalue weighted by molar-refractivity contribution is 5.80. The molecule has 0 saturated carbocycles. The van der Waals surface area contributed by atoms with Crippen molar-refractivity contribution in [3.8, 4) is 0 Å². The first-order chi connectivity index (χ1) is 7.04. The Hall–Kier alpha value is -1.40. The third-order valence-electron chi connectivity index (χ3n) is 2.14. The summed E-state index contributed by atoms with van der Waals surface area (Å²) in [6.45, 7) is 1.54. The highest BCUT2D eigenvalue weighted by Gasteiger charge is 2.15. The lowest BCUT2D eigenvalue weighted by molar-refractivity contribution is -0.119. The number of rotatable bonds is 5. The molecule has 0 aliphatic heterocycles. The van der Waals surface area contributed by atoms with Crippen molar-refractivity contribution in [1.82, 2.24) is 9.78 Å². The normalized spacial score (nSPS) is 14.9. The number of carbonyl (C=O) groups excluding carboxylic acids is 1. The number of carbonyl (C=O) groups is 1. The highest BCUT2D eigenvalue weighted by Crippen LogP contribution is 2.11. The van der Waals surface area contributed by atoms with Crippen LogP contribution in [0.3, 0.4) is 0 Å². The number of nitrogens with two attached hydrogens (primary N) is 1. The topological polar surface area (TPSA) is 101 Å². The van der Waals surface area contributed by atoms with Gasteiger partial charge in [-0.3, -0.25) is 9.48 Å². The van der Waals surface area contributed by atoms with Crippen molar-refractivity contribution >= 4 is 5.91 Å².